The first-order valence-electron chi connectivity index (χ1n) is 9.97. The molecule has 3 aromatic carbocycles. The number of nitrogens with one attached hydrogen (secondary N) is 1. The van der Waals surface area contributed by atoms with Crippen LogP contribution in [0, 0.1) is 0 Å². The monoisotopic (exact) mass is 404 g/mol. The van der Waals surface area contributed by atoms with Gasteiger partial charge in [0.05, 0.1) is 5.69 Å². The van der Waals surface area contributed by atoms with E-state index in [0.717, 1.165) is 11.1 Å². The van der Waals surface area contributed by atoms with Crippen molar-refractivity contribution >= 4 is 17.1 Å². The van der Waals surface area contributed by atoms with E-state index in [9.17, 15) is 14.7 Å². The van der Waals surface area contributed by atoms with Gasteiger partial charge in [-0.1, -0.05) is 65.8 Å². The molecule has 5 nitrogen and oxygen atoms in total. The van der Waals surface area contributed by atoms with Crippen LogP contribution in [-0.2, 0) is 10.8 Å². The summed E-state index contributed by atoms with van der Waals surface area (Å²) < 4.78 is 0. The van der Waals surface area contributed by atoms with E-state index in [0.29, 0.717) is 11.4 Å². The Morgan fingerprint density at radius 1 is 0.733 bits per heavy atom. The van der Waals surface area contributed by atoms with Gasteiger partial charge >= 0.3 is 0 Å². The lowest BCUT2D eigenvalue weighted by Crippen LogP contribution is -2.30. The van der Waals surface area contributed by atoms with Crippen LogP contribution in [0.15, 0.2) is 63.1 Å². The number of benzene rings is 2. The first-order valence-corrected chi connectivity index (χ1v) is 9.97. The second kappa shape index (κ2) is 7.56. The second-order valence-electron chi connectivity index (χ2n) is 9.59. The summed E-state index contributed by atoms with van der Waals surface area (Å²) in [6.45, 7) is 12.6. The topological polar surface area (TPSA) is 78.8 Å². The molecule has 0 aromatic heterocycles. The van der Waals surface area contributed by atoms with Crippen molar-refractivity contribution in [3.05, 3.63) is 85.5 Å². The molecule has 0 aliphatic heterocycles. The van der Waals surface area contributed by atoms with E-state index in [2.05, 4.69) is 51.9 Å². The minimum Gasteiger partial charge on any atom is -0.504 e. The van der Waals surface area contributed by atoms with Gasteiger partial charge in [0, 0.05) is 5.69 Å². The molecule has 0 saturated heterocycles. The molecule has 0 aliphatic rings. The van der Waals surface area contributed by atoms with Crippen molar-refractivity contribution in [2.45, 2.75) is 52.4 Å². The summed E-state index contributed by atoms with van der Waals surface area (Å²) in [6, 6.07) is 14.9. The summed E-state index contributed by atoms with van der Waals surface area (Å²) in [5.41, 5.74) is 1.62. The van der Waals surface area contributed by atoms with Crippen LogP contribution in [0.2, 0.25) is 0 Å². The summed E-state index contributed by atoms with van der Waals surface area (Å²) in [4.78, 5) is 29.1. The van der Waals surface area contributed by atoms with Gasteiger partial charge in [0.1, 0.15) is 5.69 Å². The molecule has 5 heteroatoms. The number of aromatic hydroxyl groups is 1. The van der Waals surface area contributed by atoms with Crippen molar-refractivity contribution in [1.29, 1.82) is 0 Å². The molecule has 0 radical (unpaired) electrons. The van der Waals surface area contributed by atoms with Crippen LogP contribution >= 0.6 is 0 Å². The highest BCUT2D eigenvalue weighted by molar-refractivity contribution is 5.67. The van der Waals surface area contributed by atoms with Gasteiger partial charge in [0.25, 0.3) is 10.9 Å². The molecule has 0 heterocycles. The van der Waals surface area contributed by atoms with E-state index in [4.69, 9.17) is 0 Å². The van der Waals surface area contributed by atoms with Crippen LogP contribution in [0.5, 0.6) is 5.75 Å². The lowest BCUT2D eigenvalue weighted by atomic mass is 9.87. The Bertz CT molecular complexity index is 1200. The summed E-state index contributed by atoms with van der Waals surface area (Å²) >= 11 is 0. The van der Waals surface area contributed by atoms with Crippen LogP contribution in [0.1, 0.15) is 52.7 Å². The number of nitrogens with zero attached hydrogens (tertiary/aromatic N) is 1. The Morgan fingerprint density at radius 2 is 1.20 bits per heavy atom. The third-order valence-corrected chi connectivity index (χ3v) is 5.10. The molecular formula is C25H28N2O3. The van der Waals surface area contributed by atoms with Gasteiger partial charge in [-0.05, 0) is 46.2 Å². The van der Waals surface area contributed by atoms with Crippen LogP contribution in [0.3, 0.4) is 0 Å². The predicted molar refractivity (Wildman–Crippen MR) is 122 cm³/mol. The molecule has 0 amide bonds. The van der Waals surface area contributed by atoms with E-state index < -0.39 is 16.6 Å². The Kier molecular flexibility index (Phi) is 5.42. The normalized spacial score (nSPS) is 12.9. The lowest BCUT2D eigenvalue weighted by molar-refractivity contribution is 0.472. The van der Waals surface area contributed by atoms with Crippen molar-refractivity contribution in [3.63, 3.8) is 0 Å². The van der Waals surface area contributed by atoms with Gasteiger partial charge in [-0.3, -0.25) is 9.59 Å². The zero-order chi connectivity index (χ0) is 22.3. The fraction of sp³-hybridized carbons (Fsp3) is 0.320. The average Bonchev–Trinajstić information content (AvgIpc) is 2.86. The van der Waals surface area contributed by atoms with Crippen LogP contribution in [-0.4, -0.2) is 5.11 Å². The van der Waals surface area contributed by atoms with Gasteiger partial charge in [-0.2, -0.15) is 0 Å². The van der Waals surface area contributed by atoms with Crippen molar-refractivity contribution in [3.8, 4) is 5.75 Å². The van der Waals surface area contributed by atoms with Crippen LogP contribution < -0.4 is 21.5 Å². The minimum atomic E-state index is -0.818. The third-order valence-electron chi connectivity index (χ3n) is 5.10. The fourth-order valence-corrected chi connectivity index (χ4v) is 3.14. The van der Waals surface area contributed by atoms with Gasteiger partial charge in [0.2, 0.25) is 0 Å². The SMILES string of the molecule is CC(C)(C)c1ccc(N=c2c(O)c(Nc3ccc(C(C)(C)C)cc3)c(=O)c2=O)cc1. The molecule has 2 N–H and O–H groups in total. The van der Waals surface area contributed by atoms with Crippen molar-refractivity contribution < 1.29 is 5.11 Å². The highest BCUT2D eigenvalue weighted by Crippen LogP contribution is 2.26. The van der Waals surface area contributed by atoms with Crippen molar-refractivity contribution in [2.75, 3.05) is 5.32 Å². The molecule has 30 heavy (non-hydrogen) atoms. The first kappa shape index (κ1) is 21.5. The van der Waals surface area contributed by atoms with E-state index in [-0.39, 0.29) is 21.9 Å². The Balaban J connectivity index is 1.97. The molecule has 0 aliphatic carbocycles. The maximum Gasteiger partial charge on any atom is 0.257 e. The number of rotatable bonds is 3. The van der Waals surface area contributed by atoms with Gasteiger partial charge in [-0.25, -0.2) is 4.99 Å². The number of hydrogen-bond acceptors (Lipinski definition) is 5. The molecular weight excluding hydrogens is 376 g/mol. The molecule has 0 atom stereocenters. The summed E-state index contributed by atoms with van der Waals surface area (Å²) in [5, 5.41) is 13.2. The zero-order valence-electron chi connectivity index (χ0n) is 18.3. The Labute approximate surface area is 176 Å². The van der Waals surface area contributed by atoms with E-state index in [1.54, 1.807) is 12.1 Å². The largest absolute Gasteiger partial charge is 0.504 e. The lowest BCUT2D eigenvalue weighted by Gasteiger charge is -2.19. The maximum absolute atomic E-state index is 12.4. The molecule has 3 aromatic rings. The zero-order valence-corrected chi connectivity index (χ0v) is 18.3. The number of anilines is 2. The van der Waals surface area contributed by atoms with E-state index >= 15 is 0 Å². The van der Waals surface area contributed by atoms with Gasteiger partial charge in [0.15, 0.2) is 11.1 Å². The summed E-state index contributed by atoms with van der Waals surface area (Å²) in [7, 11) is 0. The molecule has 0 saturated carbocycles. The highest BCUT2D eigenvalue weighted by Gasteiger charge is 2.19. The molecule has 0 spiro atoms. The van der Waals surface area contributed by atoms with Gasteiger partial charge < -0.3 is 10.4 Å². The minimum absolute atomic E-state index is 0.00144. The number of hydrogen-bond donors (Lipinski definition) is 2. The van der Waals surface area contributed by atoms with E-state index in [1.165, 1.54) is 0 Å². The predicted octanol–water partition coefficient (Wildman–Crippen LogP) is 4.56. The van der Waals surface area contributed by atoms with Crippen molar-refractivity contribution in [2.24, 2.45) is 4.99 Å². The molecule has 3 rings (SSSR count). The summed E-state index contributed by atoms with van der Waals surface area (Å²) in [6.07, 6.45) is 0. The Morgan fingerprint density at radius 3 is 1.67 bits per heavy atom. The standard InChI is InChI=1S/C25H28N2O3/c1-24(2,3)15-7-11-17(12-8-15)26-19-21(28)20(23(30)22(19)29)27-18-13-9-16(10-14-18)25(4,5)6/h7-14,26,28H,1-6H3. The summed E-state index contributed by atoms with van der Waals surface area (Å²) in [5.74, 6) is -0.426. The fourth-order valence-electron chi connectivity index (χ4n) is 3.14. The maximum atomic E-state index is 12.4. The van der Waals surface area contributed by atoms with Crippen molar-refractivity contribution in [1.82, 2.24) is 0 Å². The first-order chi connectivity index (χ1) is 13.9. The molecule has 0 fully saturated rings. The smallest absolute Gasteiger partial charge is 0.257 e. The molecule has 156 valence electrons. The van der Waals surface area contributed by atoms with Crippen LogP contribution in [0.25, 0.3) is 0 Å². The quantitative estimate of drug-likeness (QED) is 0.627. The van der Waals surface area contributed by atoms with Gasteiger partial charge in [-0.15, -0.1) is 0 Å². The van der Waals surface area contributed by atoms with E-state index in [1.807, 2.05) is 36.4 Å². The molecule has 0 unspecified atom stereocenters. The third kappa shape index (κ3) is 4.35. The average molecular weight is 405 g/mol. The second-order valence-corrected chi connectivity index (χ2v) is 9.59. The Hall–Kier alpha value is -3.21. The molecule has 0 bridgehead atoms. The van der Waals surface area contributed by atoms with Crippen LogP contribution in [0.4, 0.5) is 17.1 Å². The highest BCUT2D eigenvalue weighted by atomic mass is 16.3.